The molecule has 9 heteroatoms. The quantitative estimate of drug-likeness (QED) is 0.155. The van der Waals surface area contributed by atoms with Crippen molar-refractivity contribution in [2.45, 2.75) is 120 Å². The predicted molar refractivity (Wildman–Crippen MR) is 223 cm³/mol. The van der Waals surface area contributed by atoms with E-state index in [1.807, 2.05) is 120 Å². The van der Waals surface area contributed by atoms with Crippen LogP contribution < -0.4 is 10.2 Å². The van der Waals surface area contributed by atoms with E-state index >= 15 is 0 Å². The van der Waals surface area contributed by atoms with Gasteiger partial charge in [0, 0.05) is 36.6 Å². The molecule has 2 rings (SSSR count). The Labute approximate surface area is 318 Å². The van der Waals surface area contributed by atoms with E-state index in [1.54, 1.807) is 51.5 Å². The minimum absolute atomic E-state index is 0.0131. The summed E-state index contributed by atoms with van der Waals surface area (Å²) in [6.07, 6.45) is 13.9. The van der Waals surface area contributed by atoms with Gasteiger partial charge in [-0.25, -0.2) is 0 Å². The number of methoxy groups -OCH3 is 2. The summed E-state index contributed by atoms with van der Waals surface area (Å²) in [6.45, 7) is 26.1. The Morgan fingerprint density at radius 2 is 1.71 bits per heavy atom. The maximum Gasteiger partial charge on any atom is 0.230 e. The highest BCUT2D eigenvalue weighted by Gasteiger charge is 2.27. The highest BCUT2D eigenvalue weighted by atomic mass is 35.5. The van der Waals surface area contributed by atoms with E-state index in [9.17, 15) is 14.7 Å². The fourth-order valence-electron chi connectivity index (χ4n) is 4.15. The first-order valence-electron chi connectivity index (χ1n) is 18.3. The van der Waals surface area contributed by atoms with Crippen LogP contribution in [0.2, 0.25) is 5.02 Å². The van der Waals surface area contributed by atoms with Crippen LogP contribution in [-0.2, 0) is 19.1 Å². The molecular formula is C42H74ClN3O5. The average Bonchev–Trinajstić information content (AvgIpc) is 3.25. The van der Waals surface area contributed by atoms with Crippen molar-refractivity contribution in [2.75, 3.05) is 46.8 Å². The van der Waals surface area contributed by atoms with Crippen LogP contribution in [0.25, 0.3) is 5.57 Å². The van der Waals surface area contributed by atoms with E-state index in [4.69, 9.17) is 16.3 Å². The molecule has 1 aromatic rings. The van der Waals surface area contributed by atoms with Crippen molar-refractivity contribution in [3.8, 4) is 0 Å². The predicted octanol–water partition coefficient (Wildman–Crippen LogP) is 10.4. The number of aliphatic hydroxyl groups is 1. The summed E-state index contributed by atoms with van der Waals surface area (Å²) in [7, 11) is 8.97. The number of nitrogens with zero attached hydrogens (tertiary/aromatic N) is 2. The Bertz CT molecular complexity index is 1210. The Balaban J connectivity index is -0.000000342. The van der Waals surface area contributed by atoms with Crippen LogP contribution in [0.4, 0.5) is 5.69 Å². The SMILES string of the molecule is C=C(C)OC.CC.CC.CC.CCC(C)NC(=O)CC1=CCC(=O)N(C)c2cc(Cl)ccc21.C\C=C(/C=C\C=C\OC)C(O)(CC)CCN(C)C. The number of ether oxygens (including phenoxy) is 2. The lowest BCUT2D eigenvalue weighted by Gasteiger charge is -2.29. The normalized spacial score (nSPS) is 13.7. The number of benzene rings is 1. The fourth-order valence-corrected chi connectivity index (χ4v) is 4.32. The molecule has 51 heavy (non-hydrogen) atoms. The third-order valence-electron chi connectivity index (χ3n) is 7.29. The number of carbonyl (C=O) groups is 2. The summed E-state index contributed by atoms with van der Waals surface area (Å²) >= 11 is 6.05. The first-order valence-corrected chi connectivity index (χ1v) is 18.7. The topological polar surface area (TPSA) is 91.3 Å². The number of carbonyl (C=O) groups excluding carboxylic acids is 2. The van der Waals surface area contributed by atoms with Crippen molar-refractivity contribution in [3.63, 3.8) is 0 Å². The van der Waals surface area contributed by atoms with Gasteiger partial charge in [0.25, 0.3) is 0 Å². The standard InChI is InChI=1S/C17H21ClN2O2.C15H27NO2.C4H8O.3C2H6/c1-4-11(2)19-16(21)9-12-5-8-17(22)20(3)15-10-13(18)6-7-14(12)15;1-6-14(10-8-9-13-18-5)15(17,7-2)11-12-16(3)4;1-4(2)5-3;3*1-2/h5-7,10-11H,4,8-9H2,1-3H3,(H,19,21);6,8-10,13,17H,7,11-12H2,1-5H3;1H2,2-3H3;3*1-2H3/b;10-8-,13-9+,14-6+;;;;. The number of amides is 2. The first-order chi connectivity index (χ1) is 24.2. The van der Waals surface area contributed by atoms with Crippen molar-refractivity contribution in [1.82, 2.24) is 10.2 Å². The molecule has 1 heterocycles. The number of halogens is 1. The molecule has 0 fully saturated rings. The zero-order valence-electron chi connectivity index (χ0n) is 35.1. The van der Waals surface area contributed by atoms with Crippen LogP contribution in [0.3, 0.4) is 0 Å². The van der Waals surface area contributed by atoms with Gasteiger partial charge in [-0.15, -0.1) is 0 Å². The van der Waals surface area contributed by atoms with Gasteiger partial charge in [-0.05, 0) is 83.5 Å². The lowest BCUT2D eigenvalue weighted by Crippen LogP contribution is -2.33. The molecule has 2 amide bonds. The monoisotopic (exact) mass is 736 g/mol. The molecular weight excluding hydrogens is 662 g/mol. The molecule has 0 saturated heterocycles. The van der Waals surface area contributed by atoms with Crippen LogP contribution in [0.1, 0.15) is 114 Å². The molecule has 0 radical (unpaired) electrons. The van der Waals surface area contributed by atoms with Crippen molar-refractivity contribution < 1.29 is 24.2 Å². The fraction of sp³-hybridized carbons (Fsp3) is 0.571. The van der Waals surface area contributed by atoms with Gasteiger partial charge in [-0.1, -0.05) is 104 Å². The van der Waals surface area contributed by atoms with Crippen molar-refractivity contribution in [1.29, 1.82) is 0 Å². The summed E-state index contributed by atoms with van der Waals surface area (Å²) in [5, 5.41) is 14.2. The second-order valence-electron chi connectivity index (χ2n) is 11.1. The number of hydrogen-bond acceptors (Lipinski definition) is 6. The molecule has 1 aliphatic rings. The van der Waals surface area contributed by atoms with Gasteiger partial charge < -0.3 is 29.7 Å². The molecule has 294 valence electrons. The Kier molecular flexibility index (Phi) is 36.1. The van der Waals surface area contributed by atoms with E-state index in [2.05, 4.69) is 21.5 Å². The minimum Gasteiger partial charge on any atom is -0.504 e. The number of nitrogens with one attached hydrogen (secondary N) is 1. The van der Waals surface area contributed by atoms with Crippen molar-refractivity contribution >= 4 is 34.7 Å². The lowest BCUT2D eigenvalue weighted by atomic mass is 9.86. The molecule has 0 spiro atoms. The molecule has 0 bridgehead atoms. The average molecular weight is 737 g/mol. The summed E-state index contributed by atoms with van der Waals surface area (Å²) in [4.78, 5) is 27.9. The second-order valence-corrected chi connectivity index (χ2v) is 11.5. The van der Waals surface area contributed by atoms with Gasteiger partial charge >= 0.3 is 0 Å². The molecule has 2 N–H and O–H groups in total. The number of anilines is 1. The summed E-state index contributed by atoms with van der Waals surface area (Å²) in [5.74, 6) is 0.712. The van der Waals surface area contributed by atoms with Crippen LogP contribution in [0.15, 0.2) is 72.8 Å². The molecule has 1 aliphatic heterocycles. The Morgan fingerprint density at radius 3 is 2.16 bits per heavy atom. The Morgan fingerprint density at radius 1 is 1.14 bits per heavy atom. The van der Waals surface area contributed by atoms with Gasteiger partial charge in [-0.3, -0.25) is 9.59 Å². The summed E-state index contributed by atoms with van der Waals surface area (Å²) in [6, 6.07) is 5.56. The van der Waals surface area contributed by atoms with Gasteiger partial charge in [0.15, 0.2) is 0 Å². The molecule has 0 aliphatic carbocycles. The molecule has 0 aromatic heterocycles. The van der Waals surface area contributed by atoms with E-state index in [-0.39, 0.29) is 30.7 Å². The highest BCUT2D eigenvalue weighted by Crippen LogP contribution is 2.34. The maximum atomic E-state index is 12.2. The van der Waals surface area contributed by atoms with Crippen molar-refractivity contribution in [3.05, 3.63) is 83.3 Å². The van der Waals surface area contributed by atoms with E-state index < -0.39 is 5.60 Å². The van der Waals surface area contributed by atoms with E-state index in [0.717, 1.165) is 47.5 Å². The van der Waals surface area contributed by atoms with Crippen LogP contribution in [0, 0.1) is 0 Å². The van der Waals surface area contributed by atoms with E-state index in [1.165, 1.54) is 0 Å². The van der Waals surface area contributed by atoms with Gasteiger partial charge in [0.1, 0.15) is 0 Å². The number of fused-ring (bicyclic) bond motifs is 1. The molecule has 2 atom stereocenters. The molecule has 1 aromatic carbocycles. The largest absolute Gasteiger partial charge is 0.504 e. The third kappa shape index (κ3) is 24.5. The molecule has 8 nitrogen and oxygen atoms in total. The van der Waals surface area contributed by atoms with Gasteiger partial charge in [-0.2, -0.15) is 0 Å². The molecule has 0 saturated carbocycles. The second kappa shape index (κ2) is 33.8. The Hall–Kier alpha value is -3.33. The van der Waals surface area contributed by atoms with Crippen LogP contribution in [-0.4, -0.2) is 75.4 Å². The third-order valence-corrected chi connectivity index (χ3v) is 7.53. The van der Waals surface area contributed by atoms with E-state index in [0.29, 0.717) is 11.4 Å². The smallest absolute Gasteiger partial charge is 0.230 e. The zero-order valence-corrected chi connectivity index (χ0v) is 35.8. The van der Waals surface area contributed by atoms with Crippen LogP contribution >= 0.6 is 11.6 Å². The minimum atomic E-state index is -0.754. The highest BCUT2D eigenvalue weighted by molar-refractivity contribution is 6.31. The van der Waals surface area contributed by atoms with Crippen molar-refractivity contribution in [2.24, 2.45) is 0 Å². The summed E-state index contributed by atoms with van der Waals surface area (Å²) in [5.41, 5.74) is 2.70. The number of rotatable bonds is 13. The summed E-state index contributed by atoms with van der Waals surface area (Å²) < 4.78 is 9.38. The lowest BCUT2D eigenvalue weighted by molar-refractivity contribution is -0.120. The van der Waals surface area contributed by atoms with Crippen LogP contribution in [0.5, 0.6) is 0 Å². The molecule has 2 unspecified atom stereocenters. The van der Waals surface area contributed by atoms with Gasteiger partial charge in [0.05, 0.1) is 44.0 Å². The zero-order chi connectivity index (χ0) is 40.6. The maximum absolute atomic E-state index is 12.2. The number of allylic oxidation sites excluding steroid dienone is 4. The number of hydrogen-bond donors (Lipinski definition) is 2. The first kappa shape index (κ1) is 54.4. The van der Waals surface area contributed by atoms with Gasteiger partial charge in [0.2, 0.25) is 11.8 Å².